The highest BCUT2D eigenvalue weighted by molar-refractivity contribution is 6.03. The van der Waals surface area contributed by atoms with Gasteiger partial charge in [-0.05, 0) is 24.3 Å². The van der Waals surface area contributed by atoms with Crippen molar-refractivity contribution in [1.29, 1.82) is 0 Å². The molecule has 4 amide bonds. The van der Waals surface area contributed by atoms with Crippen molar-refractivity contribution in [1.82, 2.24) is 5.32 Å². The van der Waals surface area contributed by atoms with Gasteiger partial charge in [-0.3, -0.25) is 9.59 Å². The number of benzene rings is 2. The molecule has 0 aromatic heterocycles. The second-order valence-electron chi connectivity index (χ2n) is 6.45. The van der Waals surface area contributed by atoms with E-state index in [9.17, 15) is 14.4 Å². The molecule has 9 nitrogen and oxygen atoms in total. The number of carbonyl (C=O) groups is 3. The number of carbonyl (C=O) groups excluding carboxylic acids is 3. The molecule has 0 spiro atoms. The van der Waals surface area contributed by atoms with Crippen LogP contribution in [0, 0.1) is 0 Å². The Morgan fingerprint density at radius 3 is 2.52 bits per heavy atom. The molecule has 1 aliphatic rings. The van der Waals surface area contributed by atoms with Crippen LogP contribution in [0.15, 0.2) is 42.5 Å². The zero-order chi connectivity index (χ0) is 21.0. The zero-order valence-electron chi connectivity index (χ0n) is 16.1. The monoisotopic (exact) mass is 398 g/mol. The predicted octanol–water partition coefficient (Wildman–Crippen LogP) is 1.73. The van der Waals surface area contributed by atoms with Gasteiger partial charge in [0, 0.05) is 24.7 Å². The Hall–Kier alpha value is -3.75. The van der Waals surface area contributed by atoms with Gasteiger partial charge < -0.3 is 30.7 Å². The number of amides is 4. The lowest BCUT2D eigenvalue weighted by Crippen LogP contribution is -2.40. The lowest BCUT2D eigenvalue weighted by molar-refractivity contribution is -0.117. The number of methoxy groups -OCH3 is 2. The lowest BCUT2D eigenvalue weighted by Gasteiger charge is -2.19. The second kappa shape index (κ2) is 8.51. The van der Waals surface area contributed by atoms with Gasteiger partial charge in [-0.25, -0.2) is 4.79 Å². The molecule has 1 saturated heterocycles. The van der Waals surface area contributed by atoms with Crippen LogP contribution in [0.1, 0.15) is 16.8 Å². The number of ether oxygens (including phenoxy) is 2. The fourth-order valence-electron chi connectivity index (χ4n) is 3.20. The zero-order valence-corrected chi connectivity index (χ0v) is 16.1. The quantitative estimate of drug-likeness (QED) is 0.684. The van der Waals surface area contributed by atoms with Crippen LogP contribution in [-0.4, -0.2) is 44.7 Å². The molecule has 1 atom stereocenters. The van der Waals surface area contributed by atoms with Gasteiger partial charge in [-0.2, -0.15) is 0 Å². The van der Waals surface area contributed by atoms with Crippen LogP contribution in [0.4, 0.5) is 16.2 Å². The average Bonchev–Trinajstić information content (AvgIpc) is 3.07. The summed E-state index contributed by atoms with van der Waals surface area (Å²) in [4.78, 5) is 37.8. The first-order chi connectivity index (χ1) is 13.9. The largest absolute Gasteiger partial charge is 0.493 e. The van der Waals surface area contributed by atoms with Crippen molar-refractivity contribution in [3.05, 3.63) is 48.0 Å². The first kappa shape index (κ1) is 20.0. The Bertz CT molecular complexity index is 946. The maximum atomic E-state index is 12.4. The number of primary amides is 1. The van der Waals surface area contributed by atoms with Gasteiger partial charge in [0.15, 0.2) is 11.5 Å². The van der Waals surface area contributed by atoms with E-state index in [-0.39, 0.29) is 17.9 Å². The molecule has 29 heavy (non-hydrogen) atoms. The summed E-state index contributed by atoms with van der Waals surface area (Å²) in [5, 5.41) is 5.36. The van der Waals surface area contributed by atoms with E-state index in [2.05, 4.69) is 10.6 Å². The topological polar surface area (TPSA) is 123 Å². The number of anilines is 2. The van der Waals surface area contributed by atoms with E-state index in [1.807, 2.05) is 0 Å². The smallest absolute Gasteiger partial charge is 0.319 e. The molecule has 1 fully saturated rings. The molecule has 0 unspecified atom stereocenters. The highest BCUT2D eigenvalue weighted by Gasteiger charge is 2.32. The summed E-state index contributed by atoms with van der Waals surface area (Å²) in [6, 6.07) is 10.7. The number of nitrogens with zero attached hydrogens (tertiary/aromatic N) is 1. The minimum Gasteiger partial charge on any atom is -0.493 e. The van der Waals surface area contributed by atoms with Crippen molar-refractivity contribution in [2.24, 2.45) is 5.73 Å². The molecule has 3 rings (SSSR count). The maximum Gasteiger partial charge on any atom is 0.319 e. The fraction of sp³-hybridized carbons (Fsp3) is 0.250. The number of para-hydroxylation sites is 1. The predicted molar refractivity (Wildman–Crippen MR) is 107 cm³/mol. The molecule has 1 aliphatic heterocycles. The van der Waals surface area contributed by atoms with Crippen LogP contribution in [0.3, 0.4) is 0 Å². The summed E-state index contributed by atoms with van der Waals surface area (Å²) < 4.78 is 10.5. The van der Waals surface area contributed by atoms with Crippen molar-refractivity contribution in [2.45, 2.75) is 12.5 Å². The normalized spacial score (nSPS) is 15.7. The number of hydrogen-bond acceptors (Lipinski definition) is 5. The average molecular weight is 398 g/mol. The van der Waals surface area contributed by atoms with Crippen LogP contribution in [0.5, 0.6) is 11.5 Å². The molecule has 0 bridgehead atoms. The van der Waals surface area contributed by atoms with Gasteiger partial charge in [0.05, 0.1) is 31.5 Å². The van der Waals surface area contributed by atoms with Crippen LogP contribution < -0.4 is 30.7 Å². The van der Waals surface area contributed by atoms with Crippen molar-refractivity contribution in [3.63, 3.8) is 0 Å². The Labute approximate surface area is 167 Å². The Kier molecular flexibility index (Phi) is 5.87. The van der Waals surface area contributed by atoms with E-state index in [1.165, 1.54) is 20.3 Å². The SMILES string of the molecule is COc1ccc(N2C[C@@H](NC(=O)Nc3ccccc3C(N)=O)CC2=O)cc1OC. The van der Waals surface area contributed by atoms with Crippen LogP contribution >= 0.6 is 0 Å². The van der Waals surface area contributed by atoms with Crippen LogP contribution in [0.25, 0.3) is 0 Å². The van der Waals surface area contributed by atoms with Crippen molar-refractivity contribution >= 4 is 29.2 Å². The maximum absolute atomic E-state index is 12.4. The van der Waals surface area contributed by atoms with Crippen LogP contribution in [0.2, 0.25) is 0 Å². The third kappa shape index (κ3) is 4.40. The molecule has 2 aromatic rings. The minimum absolute atomic E-state index is 0.125. The highest BCUT2D eigenvalue weighted by atomic mass is 16.5. The highest BCUT2D eigenvalue weighted by Crippen LogP contribution is 2.33. The van der Waals surface area contributed by atoms with Gasteiger partial charge in [-0.15, -0.1) is 0 Å². The van der Waals surface area contributed by atoms with E-state index < -0.39 is 18.0 Å². The molecular formula is C20H22N4O5. The number of urea groups is 1. The Balaban J connectivity index is 1.67. The van der Waals surface area contributed by atoms with Gasteiger partial charge >= 0.3 is 6.03 Å². The van der Waals surface area contributed by atoms with Gasteiger partial charge in [0.2, 0.25) is 5.91 Å². The van der Waals surface area contributed by atoms with Gasteiger partial charge in [0.1, 0.15) is 0 Å². The number of rotatable bonds is 6. The van der Waals surface area contributed by atoms with Crippen molar-refractivity contribution in [2.75, 3.05) is 31.0 Å². The summed E-state index contributed by atoms with van der Waals surface area (Å²) in [7, 11) is 3.06. The molecule has 4 N–H and O–H groups in total. The van der Waals surface area contributed by atoms with E-state index >= 15 is 0 Å². The van der Waals surface area contributed by atoms with Gasteiger partial charge in [-0.1, -0.05) is 12.1 Å². The summed E-state index contributed by atoms with van der Waals surface area (Å²) in [5.74, 6) is 0.303. The van der Waals surface area contributed by atoms with E-state index in [4.69, 9.17) is 15.2 Å². The fourth-order valence-corrected chi connectivity index (χ4v) is 3.20. The van der Waals surface area contributed by atoms with Crippen LogP contribution in [-0.2, 0) is 4.79 Å². The second-order valence-corrected chi connectivity index (χ2v) is 6.45. The summed E-state index contributed by atoms with van der Waals surface area (Å²) in [5.41, 5.74) is 6.48. The Morgan fingerprint density at radius 2 is 1.83 bits per heavy atom. The first-order valence-electron chi connectivity index (χ1n) is 8.91. The molecule has 1 heterocycles. The summed E-state index contributed by atoms with van der Waals surface area (Å²) >= 11 is 0. The standard InChI is InChI=1S/C20H22N4O5/c1-28-16-8-7-13(10-17(16)29-2)24-11-12(9-18(24)25)22-20(27)23-15-6-4-3-5-14(15)19(21)26/h3-8,10,12H,9,11H2,1-2H3,(H2,21,26)(H2,22,23,27)/t12-/m0/s1. The summed E-state index contributed by atoms with van der Waals surface area (Å²) in [6.45, 7) is 0.305. The molecular weight excluding hydrogens is 376 g/mol. The first-order valence-corrected chi connectivity index (χ1v) is 8.91. The van der Waals surface area contributed by atoms with E-state index in [0.29, 0.717) is 29.4 Å². The number of hydrogen-bond donors (Lipinski definition) is 3. The van der Waals surface area contributed by atoms with E-state index in [0.717, 1.165) is 0 Å². The molecule has 2 aromatic carbocycles. The third-order valence-corrected chi connectivity index (χ3v) is 4.58. The number of nitrogens with two attached hydrogens (primary N) is 1. The lowest BCUT2D eigenvalue weighted by atomic mass is 10.1. The third-order valence-electron chi connectivity index (χ3n) is 4.58. The summed E-state index contributed by atoms with van der Waals surface area (Å²) in [6.07, 6.45) is 0.152. The van der Waals surface area contributed by atoms with Crippen molar-refractivity contribution < 1.29 is 23.9 Å². The molecule has 152 valence electrons. The minimum atomic E-state index is -0.642. The molecule has 9 heteroatoms. The van der Waals surface area contributed by atoms with Crippen molar-refractivity contribution in [3.8, 4) is 11.5 Å². The Morgan fingerprint density at radius 1 is 1.10 bits per heavy atom. The number of nitrogens with one attached hydrogen (secondary N) is 2. The molecule has 0 aliphatic carbocycles. The molecule has 0 saturated carbocycles. The van der Waals surface area contributed by atoms with E-state index in [1.54, 1.807) is 41.3 Å². The molecule has 0 radical (unpaired) electrons. The van der Waals surface area contributed by atoms with Gasteiger partial charge in [0.25, 0.3) is 5.91 Å².